The number of amides is 1. The van der Waals surface area contributed by atoms with Crippen LogP contribution >= 0.6 is 0 Å². The van der Waals surface area contributed by atoms with E-state index in [0.29, 0.717) is 12.5 Å². The van der Waals surface area contributed by atoms with Crippen molar-refractivity contribution in [1.29, 1.82) is 0 Å². The van der Waals surface area contributed by atoms with Crippen LogP contribution in [-0.4, -0.2) is 37.0 Å². The Kier molecular flexibility index (Phi) is 3.53. The summed E-state index contributed by atoms with van der Waals surface area (Å²) in [7, 11) is 2.12. The van der Waals surface area contributed by atoms with E-state index in [1.54, 1.807) is 0 Å². The lowest BCUT2D eigenvalue weighted by Gasteiger charge is -2.19. The van der Waals surface area contributed by atoms with Crippen molar-refractivity contribution in [2.75, 3.05) is 20.1 Å². The van der Waals surface area contributed by atoms with Crippen LogP contribution in [0.15, 0.2) is 0 Å². The van der Waals surface area contributed by atoms with Crippen LogP contribution in [-0.2, 0) is 4.79 Å². The number of hydrogen-bond donors (Lipinski definition) is 1. The van der Waals surface area contributed by atoms with Gasteiger partial charge in [0.2, 0.25) is 5.91 Å². The van der Waals surface area contributed by atoms with Crippen LogP contribution in [0.25, 0.3) is 0 Å². The largest absolute Gasteiger partial charge is 0.355 e. The predicted molar refractivity (Wildman–Crippen MR) is 49.0 cm³/mol. The molecule has 0 aromatic rings. The average Bonchev–Trinajstić information content (AvgIpc) is 2.47. The summed E-state index contributed by atoms with van der Waals surface area (Å²) in [5.74, 6) is 0.162. The van der Waals surface area contributed by atoms with E-state index in [2.05, 4.69) is 17.3 Å². The molecule has 1 aliphatic rings. The molecule has 0 aromatic carbocycles. The summed E-state index contributed by atoms with van der Waals surface area (Å²) in [6.07, 6.45) is 3.08. The molecule has 1 heterocycles. The Morgan fingerprint density at radius 1 is 1.67 bits per heavy atom. The summed E-state index contributed by atoms with van der Waals surface area (Å²) in [5.41, 5.74) is 0. The molecule has 1 rings (SSSR count). The molecule has 1 atom stereocenters. The number of nitrogens with zero attached hydrogens (tertiary/aromatic N) is 1. The minimum Gasteiger partial charge on any atom is -0.355 e. The van der Waals surface area contributed by atoms with Crippen molar-refractivity contribution >= 4 is 5.91 Å². The molecule has 0 unspecified atom stereocenters. The van der Waals surface area contributed by atoms with E-state index in [0.717, 1.165) is 6.54 Å². The van der Waals surface area contributed by atoms with Gasteiger partial charge >= 0.3 is 0 Å². The molecule has 1 fully saturated rings. The summed E-state index contributed by atoms with van der Waals surface area (Å²) in [4.78, 5) is 13.3. The SMILES string of the molecule is CCC(=O)NC[C@H]1CCCN1C. The van der Waals surface area contributed by atoms with Crippen molar-refractivity contribution in [2.24, 2.45) is 0 Å². The smallest absolute Gasteiger partial charge is 0.219 e. The first kappa shape index (κ1) is 9.52. The van der Waals surface area contributed by atoms with Gasteiger partial charge in [0, 0.05) is 19.0 Å². The number of likely N-dealkylation sites (tertiary alicyclic amines) is 1. The molecule has 0 bridgehead atoms. The molecular formula is C9H18N2O. The number of likely N-dealkylation sites (N-methyl/N-ethyl adjacent to an activating group) is 1. The molecule has 1 N–H and O–H groups in total. The van der Waals surface area contributed by atoms with Crippen LogP contribution in [0.3, 0.4) is 0 Å². The molecule has 12 heavy (non-hydrogen) atoms. The van der Waals surface area contributed by atoms with Crippen LogP contribution in [0.4, 0.5) is 0 Å². The van der Waals surface area contributed by atoms with Crippen LogP contribution in [0.1, 0.15) is 26.2 Å². The maximum atomic E-state index is 10.9. The van der Waals surface area contributed by atoms with Crippen LogP contribution < -0.4 is 5.32 Å². The number of hydrogen-bond acceptors (Lipinski definition) is 2. The van der Waals surface area contributed by atoms with Gasteiger partial charge in [0.1, 0.15) is 0 Å². The van der Waals surface area contributed by atoms with Gasteiger partial charge in [-0.2, -0.15) is 0 Å². The summed E-state index contributed by atoms with van der Waals surface area (Å²) >= 11 is 0. The van der Waals surface area contributed by atoms with Crippen molar-refractivity contribution in [3.8, 4) is 0 Å². The van der Waals surface area contributed by atoms with Gasteiger partial charge in [-0.15, -0.1) is 0 Å². The monoisotopic (exact) mass is 170 g/mol. The van der Waals surface area contributed by atoms with E-state index in [1.165, 1.54) is 19.4 Å². The second-order valence-electron chi connectivity index (χ2n) is 3.43. The topological polar surface area (TPSA) is 32.3 Å². The molecular weight excluding hydrogens is 152 g/mol. The molecule has 0 radical (unpaired) electrons. The van der Waals surface area contributed by atoms with Gasteiger partial charge in [-0.1, -0.05) is 6.92 Å². The van der Waals surface area contributed by atoms with E-state index in [-0.39, 0.29) is 5.91 Å². The third-order valence-electron chi connectivity index (χ3n) is 2.53. The zero-order valence-electron chi connectivity index (χ0n) is 7.97. The fourth-order valence-electron chi connectivity index (χ4n) is 1.59. The van der Waals surface area contributed by atoms with Gasteiger partial charge in [0.15, 0.2) is 0 Å². The van der Waals surface area contributed by atoms with Crippen molar-refractivity contribution in [3.63, 3.8) is 0 Å². The first-order chi connectivity index (χ1) is 5.74. The molecule has 0 spiro atoms. The van der Waals surface area contributed by atoms with Gasteiger partial charge < -0.3 is 10.2 Å². The first-order valence-corrected chi connectivity index (χ1v) is 4.71. The van der Waals surface area contributed by atoms with Gasteiger partial charge in [-0.3, -0.25) is 4.79 Å². The van der Waals surface area contributed by atoms with Crippen LogP contribution in [0, 0.1) is 0 Å². The average molecular weight is 170 g/mol. The second-order valence-corrected chi connectivity index (χ2v) is 3.43. The van der Waals surface area contributed by atoms with Crippen molar-refractivity contribution in [1.82, 2.24) is 10.2 Å². The lowest BCUT2D eigenvalue weighted by Crippen LogP contribution is -2.37. The quantitative estimate of drug-likeness (QED) is 0.673. The Balaban J connectivity index is 2.18. The van der Waals surface area contributed by atoms with Gasteiger partial charge in [0.05, 0.1) is 0 Å². The van der Waals surface area contributed by atoms with E-state index in [4.69, 9.17) is 0 Å². The molecule has 0 aliphatic carbocycles. The molecule has 1 saturated heterocycles. The minimum absolute atomic E-state index is 0.162. The molecule has 1 amide bonds. The lowest BCUT2D eigenvalue weighted by atomic mass is 10.2. The molecule has 70 valence electrons. The molecule has 0 aromatic heterocycles. The van der Waals surface area contributed by atoms with Gasteiger partial charge in [-0.25, -0.2) is 0 Å². The van der Waals surface area contributed by atoms with Crippen molar-refractivity contribution in [2.45, 2.75) is 32.2 Å². The highest BCUT2D eigenvalue weighted by molar-refractivity contribution is 5.75. The maximum absolute atomic E-state index is 10.9. The lowest BCUT2D eigenvalue weighted by molar-refractivity contribution is -0.120. The Morgan fingerprint density at radius 2 is 2.42 bits per heavy atom. The number of carbonyl (C=O) groups is 1. The minimum atomic E-state index is 0.162. The van der Waals surface area contributed by atoms with E-state index >= 15 is 0 Å². The number of carbonyl (C=O) groups excluding carboxylic acids is 1. The van der Waals surface area contributed by atoms with Crippen LogP contribution in [0.2, 0.25) is 0 Å². The summed E-state index contributed by atoms with van der Waals surface area (Å²) in [6, 6.07) is 0.570. The Bertz CT molecular complexity index is 159. The molecule has 3 nitrogen and oxygen atoms in total. The second kappa shape index (κ2) is 4.45. The van der Waals surface area contributed by atoms with Gasteiger partial charge in [-0.05, 0) is 26.4 Å². The van der Waals surface area contributed by atoms with E-state index in [1.807, 2.05) is 6.92 Å². The van der Waals surface area contributed by atoms with Crippen molar-refractivity contribution in [3.05, 3.63) is 0 Å². The Morgan fingerprint density at radius 3 is 2.92 bits per heavy atom. The van der Waals surface area contributed by atoms with E-state index < -0.39 is 0 Å². The first-order valence-electron chi connectivity index (χ1n) is 4.71. The summed E-state index contributed by atoms with van der Waals surface area (Å²) in [6.45, 7) is 3.88. The fraction of sp³-hybridized carbons (Fsp3) is 0.889. The molecule has 3 heteroatoms. The van der Waals surface area contributed by atoms with E-state index in [9.17, 15) is 4.79 Å². The molecule has 1 aliphatic heterocycles. The zero-order valence-corrected chi connectivity index (χ0v) is 7.97. The summed E-state index contributed by atoms with van der Waals surface area (Å²) in [5, 5.41) is 2.92. The third-order valence-corrected chi connectivity index (χ3v) is 2.53. The number of rotatable bonds is 3. The summed E-state index contributed by atoms with van der Waals surface area (Å²) < 4.78 is 0. The Labute approximate surface area is 74.1 Å². The fourth-order valence-corrected chi connectivity index (χ4v) is 1.59. The Hall–Kier alpha value is -0.570. The maximum Gasteiger partial charge on any atom is 0.219 e. The van der Waals surface area contributed by atoms with Crippen LogP contribution in [0.5, 0.6) is 0 Å². The normalized spacial score (nSPS) is 24.3. The third kappa shape index (κ3) is 2.48. The standard InChI is InChI=1S/C9H18N2O/c1-3-9(12)10-7-8-5-4-6-11(8)2/h8H,3-7H2,1-2H3,(H,10,12)/t8-/m1/s1. The highest BCUT2D eigenvalue weighted by atomic mass is 16.1. The molecule has 0 saturated carbocycles. The zero-order chi connectivity index (χ0) is 8.97. The highest BCUT2D eigenvalue weighted by Crippen LogP contribution is 2.13. The highest BCUT2D eigenvalue weighted by Gasteiger charge is 2.20. The predicted octanol–water partition coefficient (Wildman–Crippen LogP) is 0.607. The number of nitrogens with one attached hydrogen (secondary N) is 1. The van der Waals surface area contributed by atoms with Gasteiger partial charge in [0.25, 0.3) is 0 Å². The van der Waals surface area contributed by atoms with Crippen molar-refractivity contribution < 1.29 is 4.79 Å².